The number of aryl methyl sites for hydroxylation is 1. The number of hydrogen-bond donors (Lipinski definition) is 2. The minimum atomic E-state index is -0.514. The van der Waals surface area contributed by atoms with Crippen molar-refractivity contribution in [2.75, 3.05) is 5.43 Å². The van der Waals surface area contributed by atoms with Crippen molar-refractivity contribution in [3.05, 3.63) is 84.7 Å². The molecule has 2 heterocycles. The number of phenolic OH excluding ortho intramolecular Hbond substituents is 1. The van der Waals surface area contributed by atoms with Gasteiger partial charge in [0.05, 0.1) is 12.8 Å². The van der Waals surface area contributed by atoms with Gasteiger partial charge in [-0.15, -0.1) is 0 Å². The first-order valence-electron chi connectivity index (χ1n) is 9.44. The highest BCUT2D eigenvalue weighted by molar-refractivity contribution is 9.10. The molecule has 0 aliphatic heterocycles. The lowest BCUT2D eigenvalue weighted by atomic mass is 10.2. The number of imidazole rings is 1. The van der Waals surface area contributed by atoms with Crippen LogP contribution in [-0.2, 0) is 20.6 Å². The van der Waals surface area contributed by atoms with Crippen LogP contribution in [-0.4, -0.2) is 30.0 Å². The summed E-state index contributed by atoms with van der Waals surface area (Å²) >= 11 is 3.33. The molecule has 0 fully saturated rings. The van der Waals surface area contributed by atoms with Gasteiger partial charge < -0.3 is 5.11 Å². The monoisotopic (exact) mass is 500 g/mol. The van der Waals surface area contributed by atoms with E-state index in [0.29, 0.717) is 5.56 Å². The molecule has 0 aliphatic rings. The number of nitrogens with zero attached hydrogens (tertiary/aromatic N) is 5. The molecule has 0 atom stereocenters. The molecule has 0 saturated heterocycles. The lowest BCUT2D eigenvalue weighted by Gasteiger charge is -2.09. The fraction of sp³-hybridized carbons (Fsp3) is 0.143. The van der Waals surface area contributed by atoms with Crippen LogP contribution in [0.5, 0.6) is 5.75 Å². The van der Waals surface area contributed by atoms with E-state index < -0.39 is 11.2 Å². The molecular weight excluding hydrogens is 483 g/mol. The zero-order chi connectivity index (χ0) is 23.0. The number of fused-ring (bicyclic) bond motifs is 1. The Balaban J connectivity index is 1.82. The number of hydrazone groups is 1. The molecule has 2 aromatic heterocycles. The third kappa shape index (κ3) is 3.94. The van der Waals surface area contributed by atoms with Gasteiger partial charge in [-0.2, -0.15) is 10.1 Å². The molecule has 0 radical (unpaired) electrons. The molecule has 0 aliphatic carbocycles. The number of aromatic hydroxyl groups is 1. The van der Waals surface area contributed by atoms with Crippen LogP contribution in [0.1, 0.15) is 11.1 Å². The first kappa shape index (κ1) is 21.5. The van der Waals surface area contributed by atoms with Crippen LogP contribution in [0.15, 0.2) is 61.6 Å². The molecule has 0 unspecified atom stereocenters. The summed E-state index contributed by atoms with van der Waals surface area (Å²) < 4.78 is 17.9. The van der Waals surface area contributed by atoms with Gasteiger partial charge in [-0.1, -0.05) is 28.1 Å². The second-order valence-electron chi connectivity index (χ2n) is 7.10. The van der Waals surface area contributed by atoms with Gasteiger partial charge in [0.1, 0.15) is 11.6 Å². The van der Waals surface area contributed by atoms with Crippen LogP contribution in [0, 0.1) is 5.82 Å². The Hall–Kier alpha value is -3.73. The Bertz CT molecular complexity index is 1470. The third-order valence-corrected chi connectivity index (χ3v) is 5.45. The van der Waals surface area contributed by atoms with Gasteiger partial charge in [0.2, 0.25) is 5.95 Å². The third-order valence-electron chi connectivity index (χ3n) is 4.96. The van der Waals surface area contributed by atoms with Crippen LogP contribution in [0.2, 0.25) is 0 Å². The number of aromatic nitrogens is 4. The summed E-state index contributed by atoms with van der Waals surface area (Å²) in [6.45, 7) is 0.185. The van der Waals surface area contributed by atoms with Crippen molar-refractivity contribution in [3.8, 4) is 5.75 Å². The molecule has 32 heavy (non-hydrogen) atoms. The molecule has 2 N–H and O–H groups in total. The van der Waals surface area contributed by atoms with Crippen LogP contribution in [0.3, 0.4) is 0 Å². The molecule has 164 valence electrons. The van der Waals surface area contributed by atoms with E-state index in [1.807, 2.05) is 0 Å². The first-order chi connectivity index (χ1) is 15.3. The van der Waals surface area contributed by atoms with Gasteiger partial charge in [0, 0.05) is 24.1 Å². The number of rotatable bonds is 5. The SMILES string of the molecule is Cn1c(=O)c2c(nc(N/N=C/c3cc(Br)ccc3O)n2Cc2ccc(F)cc2)n(C)c1=O. The summed E-state index contributed by atoms with van der Waals surface area (Å²) in [5.74, 6) is -0.137. The lowest BCUT2D eigenvalue weighted by molar-refractivity contribution is 0.474. The van der Waals surface area contributed by atoms with Crippen LogP contribution in [0.25, 0.3) is 11.2 Å². The topological polar surface area (TPSA) is 106 Å². The molecule has 0 bridgehead atoms. The van der Waals surface area contributed by atoms with Crippen LogP contribution < -0.4 is 16.7 Å². The van der Waals surface area contributed by atoms with Crippen molar-refractivity contribution in [3.63, 3.8) is 0 Å². The first-order valence-corrected chi connectivity index (χ1v) is 10.2. The molecule has 0 spiro atoms. The van der Waals surface area contributed by atoms with Crippen LogP contribution >= 0.6 is 15.9 Å². The van der Waals surface area contributed by atoms with E-state index in [4.69, 9.17) is 0 Å². The number of hydrogen-bond acceptors (Lipinski definition) is 6. The highest BCUT2D eigenvalue weighted by Crippen LogP contribution is 2.21. The minimum absolute atomic E-state index is 0.0369. The number of phenols is 1. The zero-order valence-electron chi connectivity index (χ0n) is 17.1. The van der Waals surface area contributed by atoms with Crippen molar-refractivity contribution in [1.29, 1.82) is 0 Å². The van der Waals surface area contributed by atoms with E-state index in [1.165, 1.54) is 43.1 Å². The van der Waals surface area contributed by atoms with Crippen LogP contribution in [0.4, 0.5) is 10.3 Å². The summed E-state index contributed by atoms with van der Waals surface area (Å²) in [4.78, 5) is 29.6. The highest BCUT2D eigenvalue weighted by atomic mass is 79.9. The maximum Gasteiger partial charge on any atom is 0.332 e. The zero-order valence-corrected chi connectivity index (χ0v) is 18.7. The Kier molecular flexibility index (Phi) is 5.66. The Morgan fingerprint density at radius 2 is 1.88 bits per heavy atom. The van der Waals surface area contributed by atoms with Crippen molar-refractivity contribution in [2.45, 2.75) is 6.54 Å². The summed E-state index contributed by atoms with van der Waals surface area (Å²) in [6, 6.07) is 10.7. The fourth-order valence-electron chi connectivity index (χ4n) is 3.25. The molecule has 4 aromatic rings. The van der Waals surface area contributed by atoms with Gasteiger partial charge in [-0.05, 0) is 35.9 Å². The maximum atomic E-state index is 13.3. The van der Waals surface area contributed by atoms with Crippen molar-refractivity contribution < 1.29 is 9.50 Å². The van der Waals surface area contributed by atoms with Gasteiger partial charge >= 0.3 is 5.69 Å². The molecule has 11 heteroatoms. The second-order valence-corrected chi connectivity index (χ2v) is 8.01. The standard InChI is InChI=1S/C21H18BrFN6O3/c1-27-18-17(19(31)28(2)21(27)32)29(11-12-3-6-15(23)7-4-12)20(25-18)26-24-10-13-9-14(22)5-8-16(13)30/h3-10,30H,11H2,1-2H3,(H,25,26)/b24-10+. The van der Waals surface area contributed by atoms with Gasteiger partial charge in [-0.25, -0.2) is 14.6 Å². The molecule has 4 rings (SSSR count). The minimum Gasteiger partial charge on any atom is -0.507 e. The van der Waals surface area contributed by atoms with Crippen molar-refractivity contribution >= 4 is 39.3 Å². The average Bonchev–Trinajstić information content (AvgIpc) is 3.13. The second kappa shape index (κ2) is 8.42. The van der Waals surface area contributed by atoms with E-state index in [9.17, 15) is 19.1 Å². The number of halogens is 2. The van der Waals surface area contributed by atoms with Gasteiger partial charge in [0.15, 0.2) is 11.2 Å². The average molecular weight is 501 g/mol. The maximum absolute atomic E-state index is 13.3. The number of nitrogens with one attached hydrogen (secondary N) is 1. The van der Waals surface area contributed by atoms with E-state index in [1.54, 1.807) is 28.8 Å². The summed E-state index contributed by atoms with van der Waals surface area (Å²) in [6.07, 6.45) is 1.40. The quantitative estimate of drug-likeness (QED) is 0.323. The summed E-state index contributed by atoms with van der Waals surface area (Å²) in [7, 11) is 2.91. The Morgan fingerprint density at radius 1 is 1.16 bits per heavy atom. The van der Waals surface area contributed by atoms with Gasteiger partial charge in [-0.3, -0.25) is 18.5 Å². The molecular formula is C21H18BrFN6O3. The fourth-order valence-corrected chi connectivity index (χ4v) is 3.63. The number of anilines is 1. The molecule has 2 aromatic carbocycles. The molecule has 9 nitrogen and oxygen atoms in total. The predicted octanol–water partition coefficient (Wildman–Crippen LogP) is 2.54. The summed E-state index contributed by atoms with van der Waals surface area (Å²) in [5.41, 5.74) is 3.31. The normalized spacial score (nSPS) is 11.5. The summed E-state index contributed by atoms with van der Waals surface area (Å²) in [5, 5.41) is 14.1. The highest BCUT2D eigenvalue weighted by Gasteiger charge is 2.19. The number of benzene rings is 2. The predicted molar refractivity (Wildman–Crippen MR) is 123 cm³/mol. The van der Waals surface area contributed by atoms with E-state index >= 15 is 0 Å². The molecule has 0 saturated carbocycles. The van der Waals surface area contributed by atoms with Crippen molar-refractivity contribution in [1.82, 2.24) is 18.7 Å². The molecule has 0 amide bonds. The van der Waals surface area contributed by atoms with E-state index in [-0.39, 0.29) is 35.2 Å². The Labute approximate surface area is 189 Å². The van der Waals surface area contributed by atoms with Gasteiger partial charge in [0.25, 0.3) is 5.56 Å². The van der Waals surface area contributed by atoms with Crippen molar-refractivity contribution in [2.24, 2.45) is 19.2 Å². The largest absolute Gasteiger partial charge is 0.507 e. The van der Waals surface area contributed by atoms with E-state index in [2.05, 4.69) is 31.4 Å². The van der Waals surface area contributed by atoms with E-state index in [0.717, 1.165) is 14.6 Å². The Morgan fingerprint density at radius 3 is 2.59 bits per heavy atom. The smallest absolute Gasteiger partial charge is 0.332 e. The lowest BCUT2D eigenvalue weighted by Crippen LogP contribution is -2.37.